The van der Waals surface area contributed by atoms with Crippen LogP contribution >= 0.6 is 11.3 Å². The fourth-order valence-corrected chi connectivity index (χ4v) is 3.95. The number of thiazole rings is 1. The van der Waals surface area contributed by atoms with Crippen molar-refractivity contribution in [2.45, 2.75) is 31.2 Å². The van der Waals surface area contributed by atoms with Crippen molar-refractivity contribution in [1.82, 2.24) is 15.2 Å². The number of carbonyl (C=O) groups excluding carboxylic acids is 1. The predicted octanol–water partition coefficient (Wildman–Crippen LogP) is 1.36. The van der Waals surface area contributed by atoms with Gasteiger partial charge in [-0.25, -0.2) is 4.98 Å². The smallest absolute Gasteiger partial charge is 0.236 e. The molecule has 2 heterocycles. The molecule has 0 atom stereocenters. The largest absolute Gasteiger partial charge is 0.378 e. The number of amides is 1. The molecule has 0 spiro atoms. The molecule has 1 aromatic heterocycles. The van der Waals surface area contributed by atoms with Gasteiger partial charge in [-0.3, -0.25) is 10.1 Å². The molecule has 1 saturated heterocycles. The Bertz CT molecular complexity index is 437. The number of nitrogens with zero attached hydrogens (tertiary/aromatic N) is 2. The lowest BCUT2D eigenvalue weighted by atomic mass is 9.98. The third-order valence-electron chi connectivity index (χ3n) is 4.24. The van der Waals surface area contributed by atoms with Crippen LogP contribution in [0, 0.1) is 0 Å². The summed E-state index contributed by atoms with van der Waals surface area (Å²) in [6, 6.07) is 0. The van der Waals surface area contributed by atoms with Crippen LogP contribution in [-0.2, 0) is 15.1 Å². The van der Waals surface area contributed by atoms with Gasteiger partial charge in [-0.2, -0.15) is 0 Å². The monoisotopic (exact) mass is 295 g/mol. The number of carbonyl (C=O) groups is 1. The third-order valence-corrected chi connectivity index (χ3v) is 5.22. The van der Waals surface area contributed by atoms with Crippen molar-refractivity contribution in [1.29, 1.82) is 0 Å². The van der Waals surface area contributed by atoms with Crippen LogP contribution in [0.5, 0.6) is 0 Å². The van der Waals surface area contributed by atoms with E-state index in [0.29, 0.717) is 32.8 Å². The van der Waals surface area contributed by atoms with Crippen LogP contribution in [0.25, 0.3) is 0 Å². The van der Waals surface area contributed by atoms with Gasteiger partial charge in [0.1, 0.15) is 5.01 Å². The molecule has 2 aliphatic rings. The van der Waals surface area contributed by atoms with Gasteiger partial charge in [-0.05, 0) is 12.8 Å². The van der Waals surface area contributed by atoms with Crippen molar-refractivity contribution in [3.63, 3.8) is 0 Å². The first-order valence-electron chi connectivity index (χ1n) is 7.31. The van der Waals surface area contributed by atoms with E-state index in [1.807, 2.05) is 16.5 Å². The van der Waals surface area contributed by atoms with E-state index in [1.54, 1.807) is 11.3 Å². The van der Waals surface area contributed by atoms with Gasteiger partial charge in [0.25, 0.3) is 0 Å². The van der Waals surface area contributed by atoms with Crippen molar-refractivity contribution >= 4 is 17.2 Å². The van der Waals surface area contributed by atoms with Crippen LogP contribution in [0.15, 0.2) is 11.6 Å². The number of rotatable bonds is 4. The first kappa shape index (κ1) is 14.0. The number of nitrogens with one attached hydrogen (secondary N) is 1. The number of hydrogen-bond donors (Lipinski definition) is 1. The molecule has 2 fully saturated rings. The minimum absolute atomic E-state index is 0.0733. The minimum Gasteiger partial charge on any atom is -0.378 e. The second kappa shape index (κ2) is 6.20. The molecule has 0 aromatic carbocycles. The zero-order valence-electron chi connectivity index (χ0n) is 11.6. The van der Waals surface area contributed by atoms with Gasteiger partial charge in [0.2, 0.25) is 5.91 Å². The summed E-state index contributed by atoms with van der Waals surface area (Å²) < 4.78 is 5.28. The average Bonchev–Trinajstić information content (AvgIpc) is 3.17. The number of hydrogen-bond acceptors (Lipinski definition) is 5. The molecule has 3 rings (SSSR count). The molecule has 0 bridgehead atoms. The van der Waals surface area contributed by atoms with Crippen molar-refractivity contribution in [2.75, 3.05) is 32.8 Å². The van der Waals surface area contributed by atoms with Crippen LogP contribution in [0.1, 0.15) is 30.7 Å². The maximum absolute atomic E-state index is 12.3. The van der Waals surface area contributed by atoms with Gasteiger partial charge in [-0.1, -0.05) is 12.8 Å². The van der Waals surface area contributed by atoms with Crippen LogP contribution in [0.3, 0.4) is 0 Å². The Morgan fingerprint density at radius 3 is 2.80 bits per heavy atom. The molecule has 110 valence electrons. The summed E-state index contributed by atoms with van der Waals surface area (Å²) in [6.45, 7) is 3.14. The van der Waals surface area contributed by atoms with E-state index < -0.39 is 0 Å². The third kappa shape index (κ3) is 2.87. The molecule has 1 aliphatic heterocycles. The van der Waals surface area contributed by atoms with Gasteiger partial charge in [0.15, 0.2) is 0 Å². The standard InChI is InChI=1S/C14H21N3O2S/c18-12(17-6-8-19-9-7-17)11-16-14(3-1-2-4-14)13-15-5-10-20-13/h5,10,16H,1-4,6-9,11H2. The zero-order chi connectivity index (χ0) is 13.8. The molecule has 1 aliphatic carbocycles. The summed E-state index contributed by atoms with van der Waals surface area (Å²) in [7, 11) is 0. The average molecular weight is 295 g/mol. The van der Waals surface area contributed by atoms with E-state index in [4.69, 9.17) is 4.74 Å². The predicted molar refractivity (Wildman–Crippen MR) is 77.7 cm³/mol. The quantitative estimate of drug-likeness (QED) is 0.911. The second-order valence-electron chi connectivity index (χ2n) is 5.47. The maximum atomic E-state index is 12.3. The van der Waals surface area contributed by atoms with Crippen molar-refractivity contribution in [3.8, 4) is 0 Å². The lowest BCUT2D eigenvalue weighted by Gasteiger charge is -2.31. The summed E-state index contributed by atoms with van der Waals surface area (Å²) in [5.41, 5.74) is -0.0733. The number of ether oxygens (including phenoxy) is 1. The molecule has 1 amide bonds. The highest BCUT2D eigenvalue weighted by Gasteiger charge is 2.38. The van der Waals surface area contributed by atoms with E-state index in [9.17, 15) is 4.79 Å². The number of aromatic nitrogens is 1. The summed E-state index contributed by atoms with van der Waals surface area (Å²) in [6.07, 6.45) is 6.43. The van der Waals surface area contributed by atoms with Crippen molar-refractivity contribution < 1.29 is 9.53 Å². The molecule has 1 aromatic rings. The van der Waals surface area contributed by atoms with Crippen molar-refractivity contribution in [3.05, 3.63) is 16.6 Å². The lowest BCUT2D eigenvalue weighted by molar-refractivity contribution is -0.134. The van der Waals surface area contributed by atoms with Gasteiger partial charge in [-0.15, -0.1) is 11.3 Å². The maximum Gasteiger partial charge on any atom is 0.236 e. The van der Waals surface area contributed by atoms with Crippen LogP contribution < -0.4 is 5.32 Å². The molecule has 0 radical (unpaired) electrons. The number of morpholine rings is 1. The topological polar surface area (TPSA) is 54.5 Å². The van der Waals surface area contributed by atoms with E-state index in [-0.39, 0.29) is 11.4 Å². The Kier molecular flexibility index (Phi) is 4.33. The molecular formula is C14H21N3O2S. The Balaban J connectivity index is 1.61. The highest BCUT2D eigenvalue weighted by Crippen LogP contribution is 2.39. The highest BCUT2D eigenvalue weighted by atomic mass is 32.1. The second-order valence-corrected chi connectivity index (χ2v) is 6.37. The van der Waals surface area contributed by atoms with Gasteiger partial charge in [0.05, 0.1) is 25.3 Å². The first-order chi connectivity index (χ1) is 9.80. The highest BCUT2D eigenvalue weighted by molar-refractivity contribution is 7.09. The van der Waals surface area contributed by atoms with Crippen molar-refractivity contribution in [2.24, 2.45) is 0 Å². The van der Waals surface area contributed by atoms with E-state index in [0.717, 1.165) is 17.8 Å². The van der Waals surface area contributed by atoms with Crippen LogP contribution in [0.2, 0.25) is 0 Å². The fraction of sp³-hybridized carbons (Fsp3) is 0.714. The summed E-state index contributed by atoms with van der Waals surface area (Å²) in [5, 5.41) is 6.65. The summed E-state index contributed by atoms with van der Waals surface area (Å²) in [5.74, 6) is 0.177. The normalized spacial score (nSPS) is 22.1. The van der Waals surface area contributed by atoms with E-state index >= 15 is 0 Å². The van der Waals surface area contributed by atoms with Gasteiger partial charge < -0.3 is 9.64 Å². The van der Waals surface area contributed by atoms with E-state index in [2.05, 4.69) is 10.3 Å². The molecule has 20 heavy (non-hydrogen) atoms. The minimum atomic E-state index is -0.0733. The summed E-state index contributed by atoms with van der Waals surface area (Å²) >= 11 is 1.69. The Morgan fingerprint density at radius 1 is 1.40 bits per heavy atom. The molecular weight excluding hydrogens is 274 g/mol. The van der Waals surface area contributed by atoms with Crippen LogP contribution in [0.4, 0.5) is 0 Å². The molecule has 6 heteroatoms. The molecule has 5 nitrogen and oxygen atoms in total. The first-order valence-corrected chi connectivity index (χ1v) is 8.19. The Labute approximate surface area is 123 Å². The fourth-order valence-electron chi connectivity index (χ4n) is 3.07. The van der Waals surface area contributed by atoms with Gasteiger partial charge in [0, 0.05) is 24.7 Å². The van der Waals surface area contributed by atoms with E-state index in [1.165, 1.54) is 12.8 Å². The Hall–Kier alpha value is -0.980. The summed E-state index contributed by atoms with van der Waals surface area (Å²) in [4.78, 5) is 18.6. The van der Waals surface area contributed by atoms with Gasteiger partial charge >= 0.3 is 0 Å². The lowest BCUT2D eigenvalue weighted by Crippen LogP contribution is -2.49. The molecule has 0 unspecified atom stereocenters. The zero-order valence-corrected chi connectivity index (χ0v) is 12.5. The molecule has 1 saturated carbocycles. The Morgan fingerprint density at radius 2 is 2.15 bits per heavy atom. The SMILES string of the molecule is O=C(CNC1(c2nccs2)CCCC1)N1CCOCC1. The van der Waals surface area contributed by atoms with Crippen LogP contribution in [-0.4, -0.2) is 48.6 Å². The molecule has 1 N–H and O–H groups in total.